The molecule has 4 aromatic rings. The number of carbonyl (C=O) groups is 1. The van der Waals surface area contributed by atoms with Gasteiger partial charge in [-0.2, -0.15) is 0 Å². The molecule has 2 aromatic carbocycles. The predicted molar refractivity (Wildman–Crippen MR) is 117 cm³/mol. The van der Waals surface area contributed by atoms with Crippen LogP contribution in [0.2, 0.25) is 0 Å². The Hall–Kier alpha value is -3.36. The Labute approximate surface area is 174 Å². The van der Waals surface area contributed by atoms with Gasteiger partial charge in [0.15, 0.2) is 5.13 Å². The Morgan fingerprint density at radius 3 is 2.34 bits per heavy atom. The molecule has 0 saturated heterocycles. The van der Waals surface area contributed by atoms with Crippen LogP contribution in [0.1, 0.15) is 15.2 Å². The quantitative estimate of drug-likeness (QED) is 0.316. The van der Waals surface area contributed by atoms with Crippen molar-refractivity contribution in [1.29, 1.82) is 0 Å². The molecule has 144 valence electrons. The van der Waals surface area contributed by atoms with Crippen LogP contribution in [0.15, 0.2) is 66.7 Å². The molecule has 2 aromatic heterocycles. The fraction of sp³-hybridized carbons (Fsp3) is 0.0476. The molecule has 1 N–H and O–H groups in total. The molecule has 0 aliphatic rings. The lowest BCUT2D eigenvalue weighted by Crippen LogP contribution is -2.09. The van der Waals surface area contributed by atoms with Crippen molar-refractivity contribution >= 4 is 38.7 Å². The number of thiophene rings is 1. The van der Waals surface area contributed by atoms with E-state index in [2.05, 4.69) is 10.3 Å². The van der Waals surface area contributed by atoms with Crippen LogP contribution < -0.4 is 5.32 Å². The lowest BCUT2D eigenvalue weighted by atomic mass is 10.1. The average molecular weight is 422 g/mol. The minimum Gasteiger partial charge on any atom is -0.297 e. The third kappa shape index (κ3) is 4.08. The number of rotatable bonds is 5. The molecular formula is C21H15N3O3S2. The maximum absolute atomic E-state index is 12.5. The number of nitro groups is 1. The number of anilines is 1. The maximum atomic E-state index is 12.5. The molecule has 0 aliphatic heterocycles. The summed E-state index contributed by atoms with van der Waals surface area (Å²) in [7, 11) is 0. The average Bonchev–Trinajstić information content (AvgIpc) is 3.37. The molecule has 0 atom stereocenters. The Kier molecular flexibility index (Phi) is 5.20. The molecule has 0 saturated carbocycles. The first-order chi connectivity index (χ1) is 14.0. The first kappa shape index (κ1) is 19.0. The summed E-state index contributed by atoms with van der Waals surface area (Å²) in [6.07, 6.45) is 0. The van der Waals surface area contributed by atoms with E-state index in [9.17, 15) is 14.9 Å². The molecular weight excluding hydrogens is 406 g/mol. The van der Waals surface area contributed by atoms with Gasteiger partial charge >= 0.3 is 5.00 Å². The van der Waals surface area contributed by atoms with Gasteiger partial charge in [0, 0.05) is 11.6 Å². The highest BCUT2D eigenvalue weighted by Gasteiger charge is 2.19. The van der Waals surface area contributed by atoms with E-state index in [0.717, 1.165) is 38.6 Å². The van der Waals surface area contributed by atoms with Gasteiger partial charge in [0.1, 0.15) is 0 Å². The molecule has 2 heterocycles. The fourth-order valence-electron chi connectivity index (χ4n) is 2.77. The second-order valence-electron chi connectivity index (χ2n) is 6.28. The summed E-state index contributed by atoms with van der Waals surface area (Å²) in [5, 5.41) is 14.0. The molecule has 0 fully saturated rings. The van der Waals surface area contributed by atoms with Gasteiger partial charge < -0.3 is 0 Å². The summed E-state index contributed by atoms with van der Waals surface area (Å²) in [5.41, 5.74) is 3.90. The monoisotopic (exact) mass is 421 g/mol. The molecule has 4 rings (SSSR count). The Morgan fingerprint density at radius 1 is 0.966 bits per heavy atom. The number of aryl methyl sites for hydroxylation is 1. The standard InChI is InChI=1S/C21H15N3O3S2/c1-13-7-9-14(10-8-13)18-19(15-5-3-2-4-6-15)29-21(22-18)23-20(25)16-11-12-17(28-16)24(26)27/h2-12H,1H3,(H,22,23,25). The van der Waals surface area contributed by atoms with Crippen molar-refractivity contribution < 1.29 is 9.72 Å². The van der Waals surface area contributed by atoms with Gasteiger partial charge in [0.25, 0.3) is 5.91 Å². The van der Waals surface area contributed by atoms with E-state index in [1.54, 1.807) is 0 Å². The van der Waals surface area contributed by atoms with Crippen molar-refractivity contribution in [2.24, 2.45) is 0 Å². The van der Waals surface area contributed by atoms with E-state index in [4.69, 9.17) is 0 Å². The van der Waals surface area contributed by atoms with Crippen LogP contribution >= 0.6 is 22.7 Å². The second-order valence-corrected chi connectivity index (χ2v) is 8.34. The van der Waals surface area contributed by atoms with Crippen molar-refractivity contribution in [2.45, 2.75) is 6.92 Å². The van der Waals surface area contributed by atoms with Crippen LogP contribution in [0.3, 0.4) is 0 Å². The largest absolute Gasteiger partial charge is 0.324 e. The SMILES string of the molecule is Cc1ccc(-c2nc(NC(=O)c3ccc([N+](=O)[O-])s3)sc2-c2ccccc2)cc1. The third-order valence-electron chi connectivity index (χ3n) is 4.20. The number of aromatic nitrogens is 1. The highest BCUT2D eigenvalue weighted by atomic mass is 32.1. The van der Waals surface area contributed by atoms with Gasteiger partial charge in [-0.1, -0.05) is 82.8 Å². The summed E-state index contributed by atoms with van der Waals surface area (Å²) >= 11 is 2.21. The van der Waals surface area contributed by atoms with Gasteiger partial charge in [-0.25, -0.2) is 4.98 Å². The maximum Gasteiger partial charge on any atom is 0.324 e. The summed E-state index contributed by atoms with van der Waals surface area (Å²) in [6.45, 7) is 2.02. The molecule has 0 unspecified atom stereocenters. The molecule has 29 heavy (non-hydrogen) atoms. The zero-order valence-electron chi connectivity index (χ0n) is 15.3. The van der Waals surface area contributed by atoms with Crippen LogP contribution in [0, 0.1) is 17.0 Å². The number of hydrogen-bond acceptors (Lipinski definition) is 6. The molecule has 0 radical (unpaired) electrons. The van der Waals surface area contributed by atoms with Crippen LogP contribution in [0.5, 0.6) is 0 Å². The molecule has 0 spiro atoms. The third-order valence-corrected chi connectivity index (χ3v) is 6.26. The number of benzene rings is 2. The number of thiazole rings is 1. The smallest absolute Gasteiger partial charge is 0.297 e. The predicted octanol–water partition coefficient (Wildman–Crippen LogP) is 6.01. The summed E-state index contributed by atoms with van der Waals surface area (Å²) in [5.74, 6) is -0.410. The fourth-order valence-corrected chi connectivity index (χ4v) is 4.48. The summed E-state index contributed by atoms with van der Waals surface area (Å²) in [4.78, 5) is 28.7. The molecule has 1 amide bonds. The first-order valence-electron chi connectivity index (χ1n) is 8.70. The number of nitrogens with one attached hydrogen (secondary N) is 1. The van der Waals surface area contributed by atoms with Gasteiger partial charge in [-0.05, 0) is 18.6 Å². The Balaban J connectivity index is 1.70. The topological polar surface area (TPSA) is 85.1 Å². The van der Waals surface area contributed by atoms with Crippen LogP contribution in [-0.4, -0.2) is 15.8 Å². The second kappa shape index (κ2) is 7.94. The van der Waals surface area contributed by atoms with Crippen molar-refractivity contribution in [2.75, 3.05) is 5.32 Å². The van der Waals surface area contributed by atoms with E-state index >= 15 is 0 Å². The van der Waals surface area contributed by atoms with E-state index < -0.39 is 10.8 Å². The van der Waals surface area contributed by atoms with Crippen LogP contribution in [0.4, 0.5) is 10.1 Å². The van der Waals surface area contributed by atoms with E-state index in [-0.39, 0.29) is 9.88 Å². The summed E-state index contributed by atoms with van der Waals surface area (Å²) in [6, 6.07) is 20.7. The number of carbonyl (C=O) groups excluding carboxylic acids is 1. The highest BCUT2D eigenvalue weighted by molar-refractivity contribution is 7.20. The van der Waals surface area contributed by atoms with E-state index in [1.807, 2.05) is 61.5 Å². The lowest BCUT2D eigenvalue weighted by molar-refractivity contribution is -0.380. The van der Waals surface area contributed by atoms with Crippen LogP contribution in [0.25, 0.3) is 21.7 Å². The minimum absolute atomic E-state index is 0.0698. The normalized spacial score (nSPS) is 10.7. The molecule has 8 heteroatoms. The van der Waals surface area contributed by atoms with Crippen molar-refractivity contribution in [1.82, 2.24) is 4.98 Å². The summed E-state index contributed by atoms with van der Waals surface area (Å²) < 4.78 is 0. The van der Waals surface area contributed by atoms with Gasteiger partial charge in [0.05, 0.1) is 20.4 Å². The van der Waals surface area contributed by atoms with Crippen molar-refractivity contribution in [3.05, 3.63) is 87.3 Å². The zero-order valence-corrected chi connectivity index (χ0v) is 16.9. The first-order valence-corrected chi connectivity index (χ1v) is 10.3. The number of hydrogen-bond donors (Lipinski definition) is 1. The number of nitrogens with zero attached hydrogens (tertiary/aromatic N) is 2. The van der Waals surface area contributed by atoms with Crippen molar-refractivity contribution in [3.8, 4) is 21.7 Å². The van der Waals surface area contributed by atoms with Gasteiger partial charge in [-0.3, -0.25) is 20.2 Å². The van der Waals surface area contributed by atoms with Gasteiger partial charge in [0.2, 0.25) is 0 Å². The molecule has 0 bridgehead atoms. The van der Waals surface area contributed by atoms with Crippen LogP contribution in [-0.2, 0) is 0 Å². The number of amides is 1. The van der Waals surface area contributed by atoms with Gasteiger partial charge in [-0.15, -0.1) is 0 Å². The van der Waals surface area contributed by atoms with E-state index in [1.165, 1.54) is 23.5 Å². The minimum atomic E-state index is -0.506. The zero-order chi connectivity index (χ0) is 20.4. The van der Waals surface area contributed by atoms with E-state index in [0.29, 0.717) is 5.13 Å². The lowest BCUT2D eigenvalue weighted by Gasteiger charge is -2.03. The highest BCUT2D eigenvalue weighted by Crippen LogP contribution is 2.39. The Morgan fingerprint density at radius 2 is 1.69 bits per heavy atom. The molecule has 6 nitrogen and oxygen atoms in total. The Bertz CT molecular complexity index is 1180. The van der Waals surface area contributed by atoms with Crippen molar-refractivity contribution in [3.63, 3.8) is 0 Å². The molecule has 0 aliphatic carbocycles.